The summed E-state index contributed by atoms with van der Waals surface area (Å²) in [5.41, 5.74) is 2.12. The Bertz CT molecular complexity index is 1740. The number of aryl methyl sites for hydroxylation is 1. The van der Waals surface area contributed by atoms with Crippen molar-refractivity contribution in [1.82, 2.24) is 0 Å². The van der Waals surface area contributed by atoms with Gasteiger partial charge in [0.1, 0.15) is 18.2 Å². The van der Waals surface area contributed by atoms with Gasteiger partial charge in [-0.05, 0) is 41.5 Å². The molecule has 3 heteroatoms. The zero-order valence-corrected chi connectivity index (χ0v) is 17.6. The topological polar surface area (TPSA) is 21.4 Å². The fourth-order valence-corrected chi connectivity index (χ4v) is 3.74. The summed E-state index contributed by atoms with van der Waals surface area (Å²) in [5, 5.41) is 1.03. The van der Waals surface area contributed by atoms with Crippen molar-refractivity contribution in [2.45, 2.75) is 53.2 Å². The number of hydrogen-bond acceptors (Lipinski definition) is 1. The molecular weight excluding hydrogens is 368 g/mol. The molecule has 0 saturated carbocycles. The van der Waals surface area contributed by atoms with Gasteiger partial charge in [0.25, 0.3) is 0 Å². The summed E-state index contributed by atoms with van der Waals surface area (Å²) < 4.78 is 90.3. The van der Waals surface area contributed by atoms with E-state index in [0.29, 0.717) is 33.2 Å². The number of furan rings is 1. The Balaban J connectivity index is 2.17. The molecule has 0 spiro atoms. The van der Waals surface area contributed by atoms with E-state index >= 15 is 0 Å². The Hall–Kier alpha value is -3.12. The predicted molar refractivity (Wildman–Crippen MR) is 124 cm³/mol. The third kappa shape index (κ3) is 3.08. The molecule has 4 aromatic rings. The number of benzene rings is 2. The lowest BCUT2D eigenvalue weighted by Gasteiger charge is -2.11. The summed E-state index contributed by atoms with van der Waals surface area (Å²) in [4.78, 5) is 3.47. The number of aromatic nitrogens is 1. The lowest BCUT2D eigenvalue weighted by Crippen LogP contribution is -2.35. The number of rotatable bonds is 3. The minimum Gasteiger partial charge on any atom is -0.456 e. The summed E-state index contributed by atoms with van der Waals surface area (Å²) in [7, 11) is 1.65. The van der Waals surface area contributed by atoms with Gasteiger partial charge in [0.05, 0.1) is 14.9 Å². The van der Waals surface area contributed by atoms with Crippen LogP contribution in [0.3, 0.4) is 0 Å². The number of pyridine rings is 1. The van der Waals surface area contributed by atoms with Crippen LogP contribution < -0.4 is 4.57 Å². The van der Waals surface area contributed by atoms with E-state index in [9.17, 15) is 0 Å². The molecule has 0 aliphatic rings. The zero-order valence-electron chi connectivity index (χ0n) is 27.6. The van der Waals surface area contributed by atoms with E-state index in [4.69, 9.17) is 24.7 Å². The Morgan fingerprint density at radius 2 is 1.90 bits per heavy atom. The van der Waals surface area contributed by atoms with E-state index in [1.165, 1.54) is 26.0 Å². The Morgan fingerprint density at radius 1 is 1.13 bits per heavy atom. The van der Waals surface area contributed by atoms with E-state index in [1.807, 2.05) is 0 Å². The molecule has 0 amide bonds. The van der Waals surface area contributed by atoms with Gasteiger partial charge in [0, 0.05) is 40.7 Å². The highest BCUT2D eigenvalue weighted by molar-refractivity contribution is 6.10. The molecule has 30 heavy (non-hydrogen) atoms. The van der Waals surface area contributed by atoms with Crippen LogP contribution in [0.4, 0.5) is 5.69 Å². The average molecular weight is 408 g/mol. The minimum absolute atomic E-state index is 0.0236. The summed E-state index contributed by atoms with van der Waals surface area (Å²) in [6.45, 7) is 7.96. The third-order valence-corrected chi connectivity index (χ3v) is 5.49. The first-order valence-corrected chi connectivity index (χ1v) is 9.57. The van der Waals surface area contributed by atoms with Crippen molar-refractivity contribution in [2.75, 3.05) is 0 Å². The second kappa shape index (κ2) is 7.29. The molecule has 0 aliphatic carbocycles. The summed E-state index contributed by atoms with van der Waals surface area (Å²) in [6.07, 6.45) is 0. The van der Waals surface area contributed by atoms with Crippen molar-refractivity contribution in [3.63, 3.8) is 0 Å². The molecule has 0 saturated heterocycles. The van der Waals surface area contributed by atoms with Crippen molar-refractivity contribution in [3.8, 4) is 11.3 Å². The van der Waals surface area contributed by atoms with Crippen LogP contribution in [-0.4, -0.2) is 0 Å². The molecule has 2 heterocycles. The summed E-state index contributed by atoms with van der Waals surface area (Å²) in [5.74, 6) is -4.30. The molecule has 0 fully saturated rings. The normalized spacial score (nSPS) is 21.3. The maximum atomic E-state index is 9.07. The predicted octanol–water partition coefficient (Wildman–Crippen LogP) is 7.49. The molecule has 0 N–H and O–H groups in total. The fourth-order valence-electron chi connectivity index (χ4n) is 3.74. The SMILES string of the molecule is [2H]c1c(C([2H])(C)C([2H])([2H])[2H])c([2H])c(-c2c(C)ccc3c2oc2cc([N+]#[C-])c(C([2H])(C)C([2H])([2H])[2H])cc23)[n+](C)c1C. The standard InChI is InChI=1S/C27H29N2O/c1-15(2)19-11-18(6)29(8)24(12-19)26-17(5)9-10-20-22-13-21(16(3)4)23(28-7)14-25(22)30-27(20)26/h9-16H,1-6,8H3/q+1/i1D3,3D3,11D,12D,15D,16D. The van der Waals surface area contributed by atoms with Gasteiger partial charge in [0.15, 0.2) is 11.4 Å². The number of hydrogen-bond donors (Lipinski definition) is 0. The third-order valence-electron chi connectivity index (χ3n) is 5.49. The molecule has 152 valence electrons. The largest absolute Gasteiger partial charge is 0.456 e. The number of nitrogens with zero attached hydrogens (tertiary/aromatic N) is 2. The van der Waals surface area contributed by atoms with E-state index < -0.39 is 25.5 Å². The van der Waals surface area contributed by atoms with Gasteiger partial charge in [-0.1, -0.05) is 45.8 Å². The first-order chi connectivity index (χ1) is 18.2. The van der Waals surface area contributed by atoms with Crippen molar-refractivity contribution in [3.05, 3.63) is 70.2 Å². The van der Waals surface area contributed by atoms with Crippen molar-refractivity contribution < 1.29 is 22.7 Å². The molecular formula is C27H29N2O+. The molecule has 2 unspecified atom stereocenters. The summed E-state index contributed by atoms with van der Waals surface area (Å²) >= 11 is 0. The van der Waals surface area contributed by atoms with Crippen LogP contribution in [-0.2, 0) is 7.05 Å². The molecule has 0 aliphatic heterocycles. The molecule has 0 bridgehead atoms. The molecule has 0 radical (unpaired) electrons. The van der Waals surface area contributed by atoms with E-state index in [1.54, 1.807) is 37.6 Å². The van der Waals surface area contributed by atoms with Crippen LogP contribution in [0, 0.1) is 20.4 Å². The van der Waals surface area contributed by atoms with Gasteiger partial charge < -0.3 is 4.42 Å². The first kappa shape index (κ1) is 11.3. The minimum atomic E-state index is -2.80. The maximum Gasteiger partial charge on any atom is 0.216 e. The number of fused-ring (bicyclic) bond motifs is 3. The molecule has 2 aromatic heterocycles. The molecule has 2 aromatic carbocycles. The van der Waals surface area contributed by atoms with Crippen molar-refractivity contribution in [1.29, 1.82) is 0 Å². The highest BCUT2D eigenvalue weighted by atomic mass is 16.3. The maximum absolute atomic E-state index is 9.07. The van der Waals surface area contributed by atoms with Gasteiger partial charge in [-0.2, -0.15) is 4.57 Å². The Morgan fingerprint density at radius 3 is 2.60 bits per heavy atom. The monoisotopic (exact) mass is 407 g/mol. The lowest BCUT2D eigenvalue weighted by atomic mass is 9.95. The van der Waals surface area contributed by atoms with Crippen LogP contribution in [0.5, 0.6) is 0 Å². The van der Waals surface area contributed by atoms with E-state index in [-0.39, 0.29) is 40.2 Å². The first-order valence-electron chi connectivity index (χ1n) is 14.6. The quantitative estimate of drug-likeness (QED) is 0.254. The molecule has 3 nitrogen and oxygen atoms in total. The van der Waals surface area contributed by atoms with Crippen LogP contribution in [0.15, 0.2) is 40.8 Å². The van der Waals surface area contributed by atoms with Crippen LogP contribution >= 0.6 is 0 Å². The van der Waals surface area contributed by atoms with Crippen LogP contribution in [0.25, 0.3) is 38.0 Å². The molecule has 4 rings (SSSR count). The van der Waals surface area contributed by atoms with Crippen molar-refractivity contribution >= 4 is 27.6 Å². The smallest absolute Gasteiger partial charge is 0.216 e. The van der Waals surface area contributed by atoms with Gasteiger partial charge in [-0.3, -0.25) is 0 Å². The second-order valence-corrected chi connectivity index (χ2v) is 7.58. The van der Waals surface area contributed by atoms with Gasteiger partial charge in [0.2, 0.25) is 5.69 Å². The van der Waals surface area contributed by atoms with Gasteiger partial charge in [-0.15, -0.1) is 0 Å². The van der Waals surface area contributed by atoms with Gasteiger partial charge in [-0.25, -0.2) is 4.85 Å². The van der Waals surface area contributed by atoms with E-state index in [0.717, 1.165) is 0 Å². The van der Waals surface area contributed by atoms with Crippen molar-refractivity contribution in [2.24, 2.45) is 7.05 Å². The van der Waals surface area contributed by atoms with Gasteiger partial charge >= 0.3 is 0 Å². The van der Waals surface area contributed by atoms with Crippen LogP contribution in [0.1, 0.15) is 75.4 Å². The lowest BCUT2D eigenvalue weighted by molar-refractivity contribution is -0.666. The van der Waals surface area contributed by atoms with E-state index in [2.05, 4.69) is 4.85 Å². The second-order valence-electron chi connectivity index (χ2n) is 7.58. The molecule has 2 atom stereocenters. The fraction of sp³-hybridized carbons (Fsp3) is 0.333. The van der Waals surface area contributed by atoms with Crippen LogP contribution in [0.2, 0.25) is 0 Å². The Kier molecular flexibility index (Phi) is 2.75. The Labute approximate surface area is 192 Å². The highest BCUT2D eigenvalue weighted by Gasteiger charge is 2.24. The highest BCUT2D eigenvalue weighted by Crippen LogP contribution is 2.41. The average Bonchev–Trinajstić information content (AvgIpc) is 3.19. The zero-order chi connectivity index (χ0) is 30.3. The summed E-state index contributed by atoms with van der Waals surface area (Å²) in [6, 6.07) is 5.97.